The second kappa shape index (κ2) is 11.5. The van der Waals surface area contributed by atoms with Gasteiger partial charge in [-0.15, -0.1) is 0 Å². The maximum atomic E-state index is 12.4. The van der Waals surface area contributed by atoms with Crippen molar-refractivity contribution in [1.82, 2.24) is 4.57 Å². The van der Waals surface area contributed by atoms with Gasteiger partial charge in [0.25, 0.3) is 0 Å². The number of carbonyl (C=O) groups excluding carboxylic acids is 1. The molecule has 1 aromatic heterocycles. The van der Waals surface area contributed by atoms with Gasteiger partial charge in [0.2, 0.25) is 0 Å². The molecule has 1 heterocycles. The van der Waals surface area contributed by atoms with E-state index in [1.807, 2.05) is 68.4 Å². The first kappa shape index (κ1) is 25.6. The van der Waals surface area contributed by atoms with Gasteiger partial charge >= 0.3 is 5.97 Å². The fourth-order valence-corrected chi connectivity index (χ4v) is 5.07. The summed E-state index contributed by atoms with van der Waals surface area (Å²) in [6.45, 7) is 4.63. The molecule has 0 atom stereocenters. The van der Waals surface area contributed by atoms with Crippen molar-refractivity contribution >= 4 is 21.9 Å². The van der Waals surface area contributed by atoms with E-state index in [-0.39, 0.29) is 5.97 Å². The zero-order valence-corrected chi connectivity index (χ0v) is 22.9. The number of hydrogen-bond acceptors (Lipinski definition) is 3. The predicted octanol–water partition coefficient (Wildman–Crippen LogP) is 8.64. The van der Waals surface area contributed by atoms with Crippen LogP contribution in [0.1, 0.15) is 28.5 Å². The van der Waals surface area contributed by atoms with Crippen LogP contribution in [0.15, 0.2) is 114 Å². The molecule has 5 aromatic rings. The number of carbonyl (C=O) groups is 1. The third-order valence-corrected chi connectivity index (χ3v) is 7.04. The van der Waals surface area contributed by atoms with Crippen molar-refractivity contribution in [3.8, 4) is 33.8 Å². The molecule has 0 aliphatic rings. The first-order valence-electron chi connectivity index (χ1n) is 12.6. The van der Waals surface area contributed by atoms with Crippen LogP contribution in [-0.2, 0) is 11.3 Å². The molecule has 0 unspecified atom stereocenters. The molecule has 0 fully saturated rings. The second-order valence-electron chi connectivity index (χ2n) is 8.93. The van der Waals surface area contributed by atoms with Crippen molar-refractivity contribution in [3.05, 3.63) is 130 Å². The Morgan fingerprint density at radius 1 is 0.816 bits per heavy atom. The molecule has 5 rings (SSSR count). The van der Waals surface area contributed by atoms with Gasteiger partial charge in [-0.1, -0.05) is 66.7 Å². The Morgan fingerprint density at radius 2 is 1.55 bits per heavy atom. The minimum Gasteiger partial charge on any atom is -0.488 e. The normalized spacial score (nSPS) is 10.8. The lowest BCUT2D eigenvalue weighted by Gasteiger charge is -2.17. The van der Waals surface area contributed by atoms with Gasteiger partial charge in [-0.3, -0.25) is 0 Å². The Kier molecular flexibility index (Phi) is 7.75. The number of aromatic nitrogens is 1. The lowest BCUT2D eigenvalue weighted by Crippen LogP contribution is -2.07. The van der Waals surface area contributed by atoms with Crippen LogP contribution in [0, 0.1) is 6.92 Å². The maximum Gasteiger partial charge on any atom is 0.338 e. The van der Waals surface area contributed by atoms with Gasteiger partial charge in [-0.05, 0) is 88.9 Å². The number of hydrogen-bond donors (Lipinski definition) is 0. The molecule has 5 heteroatoms. The fourth-order valence-electron chi connectivity index (χ4n) is 4.52. The number of nitrogens with zero attached hydrogens (tertiary/aromatic N) is 1. The average Bonchev–Trinajstić information content (AvgIpc) is 3.33. The van der Waals surface area contributed by atoms with Gasteiger partial charge in [0.15, 0.2) is 0 Å². The molecule has 0 amide bonds. The highest BCUT2D eigenvalue weighted by Gasteiger charge is 2.18. The molecule has 4 nitrogen and oxygen atoms in total. The van der Waals surface area contributed by atoms with Crippen LogP contribution in [0.3, 0.4) is 0 Å². The van der Waals surface area contributed by atoms with Crippen LogP contribution in [0.4, 0.5) is 0 Å². The number of aryl methyl sites for hydroxylation is 1. The highest BCUT2D eigenvalue weighted by Crippen LogP contribution is 2.39. The van der Waals surface area contributed by atoms with Crippen LogP contribution in [0.2, 0.25) is 0 Å². The van der Waals surface area contributed by atoms with Gasteiger partial charge in [-0.25, -0.2) is 4.79 Å². The molecule has 0 aliphatic carbocycles. The standard InChI is InChI=1S/C33H28BrNO3/c1-3-37-33(36)27-11-7-12-28(21-27)35-23(2)15-20-30(35)32-29(34)13-8-14-31(32)38-22-24-16-18-26(19-17-24)25-9-5-4-6-10-25/h4-21H,3,22H2,1-2H3. The zero-order chi connectivity index (χ0) is 26.5. The minimum absolute atomic E-state index is 0.330. The molecule has 0 N–H and O–H groups in total. The molecule has 4 aromatic carbocycles. The van der Waals surface area contributed by atoms with Crippen molar-refractivity contribution in [2.24, 2.45) is 0 Å². The summed E-state index contributed by atoms with van der Waals surface area (Å²) in [6.07, 6.45) is 0. The Labute approximate surface area is 231 Å². The summed E-state index contributed by atoms with van der Waals surface area (Å²) >= 11 is 3.75. The zero-order valence-electron chi connectivity index (χ0n) is 21.4. The summed E-state index contributed by atoms with van der Waals surface area (Å²) in [4.78, 5) is 12.4. The van der Waals surface area contributed by atoms with Crippen molar-refractivity contribution in [3.63, 3.8) is 0 Å². The molecule has 0 aliphatic heterocycles. The van der Waals surface area contributed by atoms with Gasteiger partial charge < -0.3 is 14.0 Å². The Balaban J connectivity index is 1.45. The van der Waals surface area contributed by atoms with Crippen LogP contribution in [-0.4, -0.2) is 17.1 Å². The van der Waals surface area contributed by atoms with E-state index in [2.05, 4.69) is 69.0 Å². The predicted molar refractivity (Wildman–Crippen MR) is 156 cm³/mol. The van der Waals surface area contributed by atoms with Gasteiger partial charge in [-0.2, -0.15) is 0 Å². The number of rotatable bonds is 8. The highest BCUT2D eigenvalue weighted by molar-refractivity contribution is 9.10. The van der Waals surface area contributed by atoms with Crippen molar-refractivity contribution in [1.29, 1.82) is 0 Å². The van der Waals surface area contributed by atoms with E-state index in [0.29, 0.717) is 18.8 Å². The smallest absolute Gasteiger partial charge is 0.338 e. The van der Waals surface area contributed by atoms with Crippen LogP contribution < -0.4 is 4.74 Å². The van der Waals surface area contributed by atoms with Crippen LogP contribution in [0.5, 0.6) is 5.75 Å². The Hall–Kier alpha value is -4.09. The van der Waals surface area contributed by atoms with E-state index < -0.39 is 0 Å². The SMILES string of the molecule is CCOC(=O)c1cccc(-n2c(C)ccc2-c2c(Br)cccc2OCc2ccc(-c3ccccc3)cc2)c1. The molecule has 38 heavy (non-hydrogen) atoms. The third kappa shape index (κ3) is 5.43. The minimum atomic E-state index is -0.330. The van der Waals surface area contributed by atoms with E-state index >= 15 is 0 Å². The third-order valence-electron chi connectivity index (χ3n) is 6.38. The lowest BCUT2D eigenvalue weighted by atomic mass is 10.0. The quantitative estimate of drug-likeness (QED) is 0.177. The number of halogens is 1. The number of benzene rings is 4. The van der Waals surface area contributed by atoms with Crippen molar-refractivity contribution in [2.75, 3.05) is 6.61 Å². The van der Waals surface area contributed by atoms with E-state index in [4.69, 9.17) is 9.47 Å². The maximum absolute atomic E-state index is 12.4. The summed E-state index contributed by atoms with van der Waals surface area (Å²) in [5.74, 6) is 0.441. The monoisotopic (exact) mass is 565 g/mol. The summed E-state index contributed by atoms with van der Waals surface area (Å²) in [6, 6.07) is 36.4. The van der Waals surface area contributed by atoms with Crippen LogP contribution >= 0.6 is 15.9 Å². The lowest BCUT2D eigenvalue weighted by molar-refractivity contribution is 0.0526. The van der Waals surface area contributed by atoms with Gasteiger partial charge in [0, 0.05) is 15.9 Å². The second-order valence-corrected chi connectivity index (χ2v) is 9.79. The highest BCUT2D eigenvalue weighted by atomic mass is 79.9. The van der Waals surface area contributed by atoms with E-state index in [1.165, 1.54) is 11.1 Å². The molecular formula is C33H28BrNO3. The van der Waals surface area contributed by atoms with E-state index in [9.17, 15) is 4.79 Å². The van der Waals surface area contributed by atoms with Gasteiger partial charge in [0.05, 0.1) is 23.4 Å². The Bertz CT molecular complexity index is 1560. The fraction of sp³-hybridized carbons (Fsp3) is 0.121. The summed E-state index contributed by atoms with van der Waals surface area (Å²) in [5, 5.41) is 0. The first-order chi connectivity index (χ1) is 18.5. The van der Waals surface area contributed by atoms with E-state index in [0.717, 1.165) is 38.4 Å². The molecule has 0 saturated heterocycles. The number of ether oxygens (including phenoxy) is 2. The van der Waals surface area contributed by atoms with Gasteiger partial charge in [0.1, 0.15) is 12.4 Å². The summed E-state index contributed by atoms with van der Waals surface area (Å²) in [5.41, 5.74) is 7.81. The molecule has 190 valence electrons. The average molecular weight is 566 g/mol. The van der Waals surface area contributed by atoms with Crippen molar-refractivity contribution < 1.29 is 14.3 Å². The molecular weight excluding hydrogens is 538 g/mol. The summed E-state index contributed by atoms with van der Waals surface area (Å²) < 4.78 is 14.7. The largest absolute Gasteiger partial charge is 0.488 e. The summed E-state index contributed by atoms with van der Waals surface area (Å²) in [7, 11) is 0. The van der Waals surface area contributed by atoms with E-state index in [1.54, 1.807) is 6.07 Å². The number of esters is 1. The molecule has 0 saturated carbocycles. The molecule has 0 spiro atoms. The van der Waals surface area contributed by atoms with Crippen molar-refractivity contribution in [2.45, 2.75) is 20.5 Å². The van der Waals surface area contributed by atoms with Crippen LogP contribution in [0.25, 0.3) is 28.1 Å². The Morgan fingerprint density at radius 3 is 2.32 bits per heavy atom. The topological polar surface area (TPSA) is 40.5 Å². The molecule has 0 radical (unpaired) electrons. The molecule has 0 bridgehead atoms. The first-order valence-corrected chi connectivity index (χ1v) is 13.4.